The van der Waals surface area contributed by atoms with Crippen molar-refractivity contribution in [2.45, 2.75) is 19.1 Å². The topological polar surface area (TPSA) is 88.5 Å². The Hall–Kier alpha value is -0.910. The van der Waals surface area contributed by atoms with Crippen LogP contribution in [0.2, 0.25) is 0 Å². The minimum atomic E-state index is -3.81. The van der Waals surface area contributed by atoms with Crippen molar-refractivity contribution in [1.82, 2.24) is 0 Å². The third kappa shape index (κ3) is 3.00. The van der Waals surface area contributed by atoms with Gasteiger partial charge in [0.15, 0.2) is 15.1 Å². The molecule has 0 saturated carbocycles. The van der Waals surface area contributed by atoms with E-state index < -0.39 is 32.6 Å². The van der Waals surface area contributed by atoms with Crippen LogP contribution in [-0.4, -0.2) is 36.3 Å². The molecule has 1 N–H and O–H groups in total. The Kier molecular flexibility index (Phi) is 3.38. The molecule has 0 aromatic heterocycles. The predicted molar refractivity (Wildman–Crippen MR) is 41.6 cm³/mol. The van der Waals surface area contributed by atoms with Gasteiger partial charge in [0.1, 0.15) is 11.5 Å². The lowest BCUT2D eigenvalue weighted by Gasteiger charge is -2.05. The van der Waals surface area contributed by atoms with E-state index in [2.05, 4.69) is 0 Å². The van der Waals surface area contributed by atoms with Crippen molar-refractivity contribution < 1.29 is 23.1 Å². The first-order chi connectivity index (χ1) is 5.27. The van der Waals surface area contributed by atoms with Crippen molar-refractivity contribution in [2.24, 2.45) is 0 Å². The van der Waals surface area contributed by atoms with E-state index >= 15 is 0 Å². The highest BCUT2D eigenvalue weighted by molar-refractivity contribution is 7.93. The predicted octanol–water partition coefficient (Wildman–Crippen LogP) is -0.537. The highest BCUT2D eigenvalue weighted by Gasteiger charge is 2.28. The minimum Gasteiger partial charge on any atom is -0.480 e. The molecule has 0 aliphatic rings. The molecule has 1 atom stereocenters. The van der Waals surface area contributed by atoms with Crippen molar-refractivity contribution in [3.05, 3.63) is 0 Å². The van der Waals surface area contributed by atoms with Crippen molar-refractivity contribution in [3.8, 4) is 0 Å². The second-order valence-corrected chi connectivity index (χ2v) is 4.81. The van der Waals surface area contributed by atoms with Crippen molar-refractivity contribution in [2.75, 3.05) is 5.75 Å². The van der Waals surface area contributed by atoms with Crippen LogP contribution >= 0.6 is 0 Å². The van der Waals surface area contributed by atoms with E-state index in [0.717, 1.165) is 13.8 Å². The van der Waals surface area contributed by atoms with Crippen molar-refractivity contribution in [3.63, 3.8) is 0 Å². The maximum Gasteiger partial charge on any atom is 0.321 e. The first-order valence-electron chi connectivity index (χ1n) is 3.21. The zero-order valence-electron chi connectivity index (χ0n) is 6.77. The van der Waals surface area contributed by atoms with Crippen LogP contribution in [0.4, 0.5) is 0 Å². The average molecular weight is 194 g/mol. The van der Waals surface area contributed by atoms with Gasteiger partial charge in [-0.1, -0.05) is 0 Å². The lowest BCUT2D eigenvalue weighted by molar-refractivity contribution is -0.136. The Morgan fingerprint density at radius 1 is 1.42 bits per heavy atom. The minimum absolute atomic E-state index is 0.553. The molecule has 0 rings (SSSR count). The highest BCUT2D eigenvalue weighted by atomic mass is 32.2. The molecule has 0 aliphatic carbocycles. The zero-order valence-corrected chi connectivity index (χ0v) is 7.59. The summed E-state index contributed by atoms with van der Waals surface area (Å²) < 4.78 is 22.0. The van der Waals surface area contributed by atoms with E-state index in [1.54, 1.807) is 0 Å². The molecule has 0 bridgehead atoms. The maximum absolute atomic E-state index is 11.0. The molecule has 0 spiro atoms. The van der Waals surface area contributed by atoms with Crippen LogP contribution in [-0.2, 0) is 19.4 Å². The number of rotatable bonds is 4. The van der Waals surface area contributed by atoms with Gasteiger partial charge in [-0.05, 0) is 13.8 Å². The molecule has 1 unspecified atom stereocenters. The summed E-state index contributed by atoms with van der Waals surface area (Å²) in [6, 6.07) is 0. The molecule has 0 aliphatic heterocycles. The van der Waals surface area contributed by atoms with Gasteiger partial charge in [-0.3, -0.25) is 9.59 Å². The highest BCUT2D eigenvalue weighted by Crippen LogP contribution is 2.01. The lowest BCUT2D eigenvalue weighted by atomic mass is 10.5. The van der Waals surface area contributed by atoms with Gasteiger partial charge in [-0.25, -0.2) is 8.42 Å². The van der Waals surface area contributed by atoms with Gasteiger partial charge in [-0.2, -0.15) is 0 Å². The van der Waals surface area contributed by atoms with Crippen molar-refractivity contribution in [1.29, 1.82) is 0 Å². The van der Waals surface area contributed by atoms with Crippen LogP contribution in [0.1, 0.15) is 13.8 Å². The second kappa shape index (κ2) is 3.66. The Labute approximate surface area is 70.3 Å². The lowest BCUT2D eigenvalue weighted by Crippen LogP contribution is -2.31. The average Bonchev–Trinajstić information content (AvgIpc) is 1.82. The Bertz CT molecular complexity index is 289. The van der Waals surface area contributed by atoms with Gasteiger partial charge in [0.2, 0.25) is 0 Å². The number of hydrogen-bond acceptors (Lipinski definition) is 4. The molecule has 0 fully saturated rings. The molecule has 0 aromatic carbocycles. The fraction of sp³-hybridized carbons (Fsp3) is 0.667. The normalized spacial score (nSPS) is 13.8. The number of carbonyl (C=O) groups is 2. The zero-order chi connectivity index (χ0) is 9.94. The molecule has 0 radical (unpaired) electrons. The third-order valence-electron chi connectivity index (χ3n) is 1.29. The summed E-state index contributed by atoms with van der Waals surface area (Å²) in [6.07, 6.45) is 0. The van der Waals surface area contributed by atoms with Gasteiger partial charge in [-0.15, -0.1) is 0 Å². The molecular formula is C6H10O5S. The molecule has 5 nitrogen and oxygen atoms in total. The van der Waals surface area contributed by atoms with Crippen LogP contribution in [0.5, 0.6) is 0 Å². The fourth-order valence-electron chi connectivity index (χ4n) is 0.562. The number of ketones is 1. The van der Waals surface area contributed by atoms with Crippen LogP contribution < -0.4 is 0 Å². The molecule has 0 heterocycles. The summed E-state index contributed by atoms with van der Waals surface area (Å²) >= 11 is 0. The van der Waals surface area contributed by atoms with E-state index in [4.69, 9.17) is 5.11 Å². The van der Waals surface area contributed by atoms with Gasteiger partial charge < -0.3 is 5.11 Å². The van der Waals surface area contributed by atoms with Crippen LogP contribution in [0.25, 0.3) is 0 Å². The molecule has 0 amide bonds. The molecule has 6 heteroatoms. The summed E-state index contributed by atoms with van der Waals surface area (Å²) in [5.74, 6) is -2.69. The first kappa shape index (κ1) is 11.1. The van der Waals surface area contributed by atoms with E-state index in [1.807, 2.05) is 0 Å². The molecule has 70 valence electrons. The quantitative estimate of drug-likeness (QED) is 0.649. The van der Waals surface area contributed by atoms with Crippen LogP contribution in [0.3, 0.4) is 0 Å². The van der Waals surface area contributed by atoms with Gasteiger partial charge in [0.05, 0.1) is 0 Å². The van der Waals surface area contributed by atoms with E-state index in [0.29, 0.717) is 0 Å². The van der Waals surface area contributed by atoms with Crippen LogP contribution in [0, 0.1) is 0 Å². The van der Waals surface area contributed by atoms with E-state index in [9.17, 15) is 18.0 Å². The standard InChI is InChI=1S/C6H10O5S/c1-4(7)3-12(10,11)5(2)6(8)9/h5H,3H2,1-2H3,(H,8,9). The molecule has 0 saturated heterocycles. The number of Topliss-reactive ketones (excluding diaryl/α,β-unsaturated/α-hetero) is 1. The molecule has 0 aromatic rings. The van der Waals surface area contributed by atoms with Gasteiger partial charge in [0.25, 0.3) is 0 Å². The molecular weight excluding hydrogens is 184 g/mol. The number of carbonyl (C=O) groups excluding carboxylic acids is 1. The summed E-state index contributed by atoms with van der Waals surface area (Å²) in [5.41, 5.74) is 0. The largest absolute Gasteiger partial charge is 0.480 e. The van der Waals surface area contributed by atoms with Gasteiger partial charge >= 0.3 is 5.97 Å². The second-order valence-electron chi connectivity index (χ2n) is 2.49. The summed E-state index contributed by atoms with van der Waals surface area (Å²) in [4.78, 5) is 20.7. The summed E-state index contributed by atoms with van der Waals surface area (Å²) in [7, 11) is -3.81. The number of sulfone groups is 1. The molecule has 12 heavy (non-hydrogen) atoms. The number of carboxylic acids is 1. The Balaban J connectivity index is 4.63. The number of aliphatic carboxylic acids is 1. The monoisotopic (exact) mass is 194 g/mol. The van der Waals surface area contributed by atoms with E-state index in [1.165, 1.54) is 0 Å². The summed E-state index contributed by atoms with van der Waals surface area (Å²) in [5, 5.41) is 6.83. The fourth-order valence-corrected chi connectivity index (χ4v) is 1.69. The number of hydrogen-bond donors (Lipinski definition) is 1. The van der Waals surface area contributed by atoms with E-state index in [-0.39, 0.29) is 0 Å². The Morgan fingerprint density at radius 3 is 2.08 bits per heavy atom. The van der Waals surface area contributed by atoms with Gasteiger partial charge in [0, 0.05) is 0 Å². The number of carboxylic acid groups (broad SMARTS) is 1. The maximum atomic E-state index is 11.0. The van der Waals surface area contributed by atoms with Crippen LogP contribution in [0.15, 0.2) is 0 Å². The first-order valence-corrected chi connectivity index (χ1v) is 4.92. The smallest absolute Gasteiger partial charge is 0.321 e. The van der Waals surface area contributed by atoms with Crippen molar-refractivity contribution >= 4 is 21.6 Å². The third-order valence-corrected chi connectivity index (χ3v) is 3.38. The SMILES string of the molecule is CC(=O)CS(=O)(=O)C(C)C(=O)O. The Morgan fingerprint density at radius 2 is 1.83 bits per heavy atom. The summed E-state index contributed by atoms with van der Waals surface area (Å²) in [6.45, 7) is 2.15.